The van der Waals surface area contributed by atoms with Crippen molar-refractivity contribution in [1.82, 2.24) is 29.4 Å². The smallest absolute Gasteiger partial charge is 0.323 e. The number of rotatable bonds is 5. The molecule has 1 atom stereocenters. The molecular formula is C16H25N7O. The Bertz CT molecular complexity index is 678. The fraction of sp³-hybridized carbons (Fsp3) is 0.625. The molecule has 1 saturated heterocycles. The molecule has 2 amide bonds. The second-order valence-electron chi connectivity index (χ2n) is 6.19. The molecule has 0 aromatic carbocycles. The lowest BCUT2D eigenvalue weighted by atomic mass is 9.99. The van der Waals surface area contributed by atoms with Crippen molar-refractivity contribution in [2.75, 3.05) is 11.9 Å². The Hall–Kier alpha value is -2.38. The number of hydrogen-bond acceptors (Lipinski definition) is 4. The number of urea groups is 1. The van der Waals surface area contributed by atoms with Crippen LogP contribution in [0.3, 0.4) is 0 Å². The Morgan fingerprint density at radius 2 is 2.29 bits per heavy atom. The molecule has 3 heterocycles. The van der Waals surface area contributed by atoms with Gasteiger partial charge in [0.25, 0.3) is 0 Å². The minimum absolute atomic E-state index is 0.0785. The Morgan fingerprint density at radius 1 is 1.42 bits per heavy atom. The molecule has 130 valence electrons. The van der Waals surface area contributed by atoms with Crippen molar-refractivity contribution in [2.45, 2.75) is 58.7 Å². The van der Waals surface area contributed by atoms with Crippen molar-refractivity contribution < 1.29 is 4.79 Å². The Labute approximate surface area is 141 Å². The van der Waals surface area contributed by atoms with Crippen LogP contribution in [0.25, 0.3) is 0 Å². The standard InChI is InChI=1S/C16H25N7O/c1-3-22-12-15(19-20-22)18-16(24)23-9-5-4-6-14(23)7-10-21-11-8-17-13(21)2/h8,11-12,14H,3-7,9-10H2,1-2H3,(H,18,24)/t14-/m0/s1. The molecular weight excluding hydrogens is 306 g/mol. The summed E-state index contributed by atoms with van der Waals surface area (Å²) in [6.45, 7) is 6.40. The number of carbonyl (C=O) groups is 1. The number of likely N-dealkylation sites (tertiary alicyclic amines) is 1. The number of nitrogens with zero attached hydrogens (tertiary/aromatic N) is 6. The normalized spacial score (nSPS) is 17.9. The average molecular weight is 331 g/mol. The van der Waals surface area contributed by atoms with Gasteiger partial charge in [-0.15, -0.1) is 5.10 Å². The van der Waals surface area contributed by atoms with E-state index in [1.54, 1.807) is 10.9 Å². The second kappa shape index (κ2) is 7.46. The summed E-state index contributed by atoms with van der Waals surface area (Å²) in [5, 5.41) is 10.8. The zero-order valence-electron chi connectivity index (χ0n) is 14.4. The highest BCUT2D eigenvalue weighted by molar-refractivity contribution is 5.88. The van der Waals surface area contributed by atoms with Crippen LogP contribution >= 0.6 is 0 Å². The fourth-order valence-corrected chi connectivity index (χ4v) is 3.19. The van der Waals surface area contributed by atoms with Gasteiger partial charge in [-0.2, -0.15) is 0 Å². The maximum absolute atomic E-state index is 12.6. The van der Waals surface area contributed by atoms with Crippen molar-refractivity contribution in [3.05, 3.63) is 24.4 Å². The third kappa shape index (κ3) is 3.74. The van der Waals surface area contributed by atoms with Gasteiger partial charge in [-0.25, -0.2) is 9.78 Å². The number of hydrogen-bond donors (Lipinski definition) is 1. The SMILES string of the molecule is CCn1cc(NC(=O)N2CCCC[C@H]2CCn2ccnc2C)nn1. The molecule has 2 aromatic heterocycles. The molecule has 1 fully saturated rings. The molecule has 1 N–H and O–H groups in total. The molecule has 1 aliphatic heterocycles. The molecule has 0 radical (unpaired) electrons. The molecule has 2 aromatic rings. The third-order valence-corrected chi connectivity index (χ3v) is 4.61. The van der Waals surface area contributed by atoms with Crippen LogP contribution < -0.4 is 5.32 Å². The van der Waals surface area contributed by atoms with E-state index in [1.807, 2.05) is 31.1 Å². The lowest BCUT2D eigenvalue weighted by Gasteiger charge is -2.35. The summed E-state index contributed by atoms with van der Waals surface area (Å²) in [6.07, 6.45) is 9.77. The lowest BCUT2D eigenvalue weighted by molar-refractivity contribution is 0.155. The van der Waals surface area contributed by atoms with Crippen molar-refractivity contribution >= 4 is 11.8 Å². The predicted octanol–water partition coefficient (Wildman–Crippen LogP) is 2.28. The highest BCUT2D eigenvalue weighted by Gasteiger charge is 2.27. The molecule has 3 rings (SSSR count). The van der Waals surface area contributed by atoms with Crippen LogP contribution in [-0.2, 0) is 13.1 Å². The van der Waals surface area contributed by atoms with E-state index in [4.69, 9.17) is 0 Å². The van der Waals surface area contributed by atoms with E-state index in [0.29, 0.717) is 5.82 Å². The van der Waals surface area contributed by atoms with Crippen molar-refractivity contribution in [3.8, 4) is 0 Å². The first kappa shape index (κ1) is 16.5. The van der Waals surface area contributed by atoms with Crippen molar-refractivity contribution in [1.29, 1.82) is 0 Å². The summed E-state index contributed by atoms with van der Waals surface area (Å²) in [7, 11) is 0. The van der Waals surface area contributed by atoms with E-state index >= 15 is 0 Å². The van der Waals surface area contributed by atoms with Crippen LogP contribution in [0, 0.1) is 6.92 Å². The van der Waals surface area contributed by atoms with Gasteiger partial charge in [0.05, 0.1) is 6.20 Å². The molecule has 24 heavy (non-hydrogen) atoms. The number of aryl methyl sites for hydroxylation is 3. The number of piperidine rings is 1. The van der Waals surface area contributed by atoms with Crippen LogP contribution in [-0.4, -0.2) is 48.1 Å². The number of carbonyl (C=O) groups excluding carboxylic acids is 1. The average Bonchev–Trinajstić information content (AvgIpc) is 3.22. The number of aromatic nitrogens is 5. The zero-order chi connectivity index (χ0) is 16.9. The summed E-state index contributed by atoms with van der Waals surface area (Å²) in [5.41, 5.74) is 0. The Morgan fingerprint density at radius 3 is 3.00 bits per heavy atom. The first-order valence-electron chi connectivity index (χ1n) is 8.63. The highest BCUT2D eigenvalue weighted by atomic mass is 16.2. The van der Waals surface area contributed by atoms with Crippen molar-refractivity contribution in [2.24, 2.45) is 0 Å². The van der Waals surface area contributed by atoms with Gasteiger partial charge in [-0.05, 0) is 39.5 Å². The van der Waals surface area contributed by atoms with Gasteiger partial charge in [0.2, 0.25) is 0 Å². The van der Waals surface area contributed by atoms with E-state index in [-0.39, 0.29) is 12.1 Å². The molecule has 8 nitrogen and oxygen atoms in total. The molecule has 0 saturated carbocycles. The van der Waals surface area contributed by atoms with Gasteiger partial charge in [0.1, 0.15) is 5.82 Å². The maximum atomic E-state index is 12.6. The van der Waals surface area contributed by atoms with Crippen molar-refractivity contribution in [3.63, 3.8) is 0 Å². The molecule has 0 aliphatic carbocycles. The van der Waals surface area contributed by atoms with Gasteiger partial charge < -0.3 is 9.47 Å². The van der Waals surface area contributed by atoms with Crippen LogP contribution in [0.2, 0.25) is 0 Å². The van der Waals surface area contributed by atoms with Crippen LogP contribution in [0.5, 0.6) is 0 Å². The van der Waals surface area contributed by atoms with E-state index in [2.05, 4.69) is 25.2 Å². The number of amides is 2. The minimum Gasteiger partial charge on any atom is -0.335 e. The predicted molar refractivity (Wildman–Crippen MR) is 90.6 cm³/mol. The van der Waals surface area contributed by atoms with E-state index < -0.39 is 0 Å². The second-order valence-corrected chi connectivity index (χ2v) is 6.19. The summed E-state index contributed by atoms with van der Waals surface area (Å²) in [6, 6.07) is 0.173. The number of anilines is 1. The van der Waals surface area contributed by atoms with Crippen LogP contribution in [0.15, 0.2) is 18.6 Å². The summed E-state index contributed by atoms with van der Waals surface area (Å²) >= 11 is 0. The lowest BCUT2D eigenvalue weighted by Crippen LogP contribution is -2.46. The highest BCUT2D eigenvalue weighted by Crippen LogP contribution is 2.21. The quantitative estimate of drug-likeness (QED) is 0.911. The largest absolute Gasteiger partial charge is 0.335 e. The van der Waals surface area contributed by atoms with Gasteiger partial charge in [0.15, 0.2) is 5.82 Å². The van der Waals surface area contributed by atoms with E-state index in [0.717, 1.165) is 44.7 Å². The summed E-state index contributed by atoms with van der Waals surface area (Å²) < 4.78 is 3.84. The summed E-state index contributed by atoms with van der Waals surface area (Å²) in [4.78, 5) is 18.8. The van der Waals surface area contributed by atoms with Gasteiger partial charge in [-0.1, -0.05) is 5.21 Å². The van der Waals surface area contributed by atoms with Gasteiger partial charge >= 0.3 is 6.03 Å². The minimum atomic E-state index is -0.0785. The van der Waals surface area contributed by atoms with E-state index in [9.17, 15) is 4.79 Å². The van der Waals surface area contributed by atoms with Gasteiger partial charge in [-0.3, -0.25) is 10.00 Å². The zero-order valence-corrected chi connectivity index (χ0v) is 14.4. The maximum Gasteiger partial charge on any atom is 0.323 e. The summed E-state index contributed by atoms with van der Waals surface area (Å²) in [5.74, 6) is 1.52. The molecule has 8 heteroatoms. The topological polar surface area (TPSA) is 80.9 Å². The van der Waals surface area contributed by atoms with Crippen LogP contribution in [0.1, 0.15) is 38.4 Å². The Balaban J connectivity index is 1.60. The first-order chi connectivity index (χ1) is 11.7. The molecule has 1 aliphatic rings. The van der Waals surface area contributed by atoms with E-state index in [1.165, 1.54) is 6.42 Å². The fourth-order valence-electron chi connectivity index (χ4n) is 3.19. The molecule has 0 bridgehead atoms. The molecule has 0 spiro atoms. The monoisotopic (exact) mass is 331 g/mol. The number of imidazole rings is 1. The number of nitrogens with one attached hydrogen (secondary N) is 1. The Kier molecular flexibility index (Phi) is 5.12. The van der Waals surface area contributed by atoms with Gasteiger partial charge in [0, 0.05) is 38.1 Å². The molecule has 0 unspecified atom stereocenters. The van der Waals surface area contributed by atoms with Crippen LogP contribution in [0.4, 0.5) is 10.6 Å². The third-order valence-electron chi connectivity index (χ3n) is 4.61. The first-order valence-corrected chi connectivity index (χ1v) is 8.63.